The Bertz CT molecular complexity index is 483. The predicted octanol–water partition coefficient (Wildman–Crippen LogP) is 3.22. The van der Waals surface area contributed by atoms with Gasteiger partial charge >= 0.3 is 0 Å². The zero-order valence-corrected chi connectivity index (χ0v) is 13.5. The highest BCUT2D eigenvalue weighted by molar-refractivity contribution is 5.95. The predicted molar refractivity (Wildman–Crippen MR) is 86.1 cm³/mol. The Morgan fingerprint density at radius 3 is 2.48 bits per heavy atom. The highest BCUT2D eigenvalue weighted by atomic mass is 16.2. The smallest absolute Gasteiger partial charge is 0.244 e. The van der Waals surface area contributed by atoms with Crippen LogP contribution in [0.4, 0.5) is 5.69 Å². The molecule has 0 heterocycles. The summed E-state index contributed by atoms with van der Waals surface area (Å²) in [7, 11) is 0. The van der Waals surface area contributed by atoms with Crippen molar-refractivity contribution in [3.05, 3.63) is 29.8 Å². The second-order valence-electron chi connectivity index (χ2n) is 5.78. The molecular formula is C17H26N2O2. The summed E-state index contributed by atoms with van der Waals surface area (Å²) in [5.41, 5.74) is 1.82. The van der Waals surface area contributed by atoms with Gasteiger partial charge in [-0.2, -0.15) is 0 Å². The molecule has 1 aromatic rings. The summed E-state index contributed by atoms with van der Waals surface area (Å²) in [6, 6.07) is 7.63. The summed E-state index contributed by atoms with van der Waals surface area (Å²) in [6.45, 7) is 8.71. The fourth-order valence-corrected chi connectivity index (χ4v) is 2.12. The fraction of sp³-hybridized carbons (Fsp3) is 0.529. The van der Waals surface area contributed by atoms with Crippen LogP contribution in [0.5, 0.6) is 0 Å². The second kappa shape index (κ2) is 8.45. The molecule has 0 aliphatic rings. The number of rotatable bonds is 7. The third kappa shape index (κ3) is 5.98. The van der Waals surface area contributed by atoms with E-state index in [2.05, 4.69) is 5.32 Å². The highest BCUT2D eigenvalue weighted by Gasteiger charge is 2.17. The topological polar surface area (TPSA) is 49.4 Å². The van der Waals surface area contributed by atoms with Crippen molar-refractivity contribution >= 4 is 17.5 Å². The first-order valence-corrected chi connectivity index (χ1v) is 7.57. The molecule has 21 heavy (non-hydrogen) atoms. The molecule has 0 saturated heterocycles. The van der Waals surface area contributed by atoms with Crippen LogP contribution in [0.2, 0.25) is 0 Å². The molecule has 4 heteroatoms. The van der Waals surface area contributed by atoms with E-state index in [-0.39, 0.29) is 18.4 Å². The molecule has 0 atom stereocenters. The number of nitrogens with one attached hydrogen (secondary N) is 1. The zero-order valence-electron chi connectivity index (χ0n) is 13.5. The number of nitrogens with zero attached hydrogens (tertiary/aromatic N) is 1. The average Bonchev–Trinajstić information content (AvgIpc) is 2.40. The van der Waals surface area contributed by atoms with Crippen molar-refractivity contribution in [3.63, 3.8) is 0 Å². The molecule has 0 aliphatic carbocycles. The molecule has 1 aromatic carbocycles. The second-order valence-corrected chi connectivity index (χ2v) is 5.78. The van der Waals surface area contributed by atoms with Gasteiger partial charge in [0.25, 0.3) is 0 Å². The number of amides is 2. The first kappa shape index (κ1) is 17.2. The standard InChI is InChI=1S/C17H26N2O2/c1-5-10-19(17(21)11-13(2)3)12-16(20)18-15-9-7-6-8-14(15)4/h6-9,13H,5,10-12H2,1-4H3,(H,18,20). The summed E-state index contributed by atoms with van der Waals surface area (Å²) in [5.74, 6) is 0.206. The number of carbonyl (C=O) groups is 2. The molecule has 0 fully saturated rings. The van der Waals surface area contributed by atoms with Gasteiger partial charge in [-0.05, 0) is 30.9 Å². The van der Waals surface area contributed by atoms with E-state index in [0.29, 0.717) is 18.9 Å². The molecule has 1 rings (SSSR count). The molecule has 0 bridgehead atoms. The summed E-state index contributed by atoms with van der Waals surface area (Å²) in [4.78, 5) is 25.9. The van der Waals surface area contributed by atoms with Crippen LogP contribution in [0.25, 0.3) is 0 Å². The van der Waals surface area contributed by atoms with Crippen LogP contribution in [0.3, 0.4) is 0 Å². The van der Waals surface area contributed by atoms with E-state index in [1.807, 2.05) is 52.0 Å². The van der Waals surface area contributed by atoms with Crippen molar-refractivity contribution in [2.45, 2.75) is 40.5 Å². The Balaban J connectivity index is 2.64. The first-order chi connectivity index (χ1) is 9.93. The minimum atomic E-state index is -0.144. The molecular weight excluding hydrogens is 264 g/mol. The first-order valence-electron chi connectivity index (χ1n) is 7.57. The van der Waals surface area contributed by atoms with Crippen molar-refractivity contribution in [1.82, 2.24) is 4.90 Å². The lowest BCUT2D eigenvalue weighted by atomic mass is 10.1. The number of carbonyl (C=O) groups excluding carboxylic acids is 2. The van der Waals surface area contributed by atoms with Crippen LogP contribution in [0.1, 0.15) is 39.2 Å². The van der Waals surface area contributed by atoms with E-state index < -0.39 is 0 Å². The van der Waals surface area contributed by atoms with Crippen LogP contribution in [-0.4, -0.2) is 29.8 Å². The van der Waals surface area contributed by atoms with E-state index in [9.17, 15) is 9.59 Å². The third-order valence-electron chi connectivity index (χ3n) is 3.18. The quantitative estimate of drug-likeness (QED) is 0.838. The Labute approximate surface area is 127 Å². The van der Waals surface area contributed by atoms with Gasteiger partial charge < -0.3 is 10.2 Å². The lowest BCUT2D eigenvalue weighted by Crippen LogP contribution is -2.39. The van der Waals surface area contributed by atoms with Crippen LogP contribution in [0.15, 0.2) is 24.3 Å². The van der Waals surface area contributed by atoms with Crippen LogP contribution in [-0.2, 0) is 9.59 Å². The summed E-state index contributed by atoms with van der Waals surface area (Å²) in [6.07, 6.45) is 1.33. The normalized spacial score (nSPS) is 10.5. The molecule has 0 aromatic heterocycles. The van der Waals surface area contributed by atoms with Gasteiger partial charge in [-0.1, -0.05) is 39.0 Å². The van der Waals surface area contributed by atoms with Gasteiger partial charge in [0.05, 0.1) is 6.54 Å². The maximum atomic E-state index is 12.1. The number of para-hydroxylation sites is 1. The van der Waals surface area contributed by atoms with E-state index in [1.165, 1.54) is 0 Å². The number of hydrogen-bond donors (Lipinski definition) is 1. The van der Waals surface area contributed by atoms with Crippen molar-refractivity contribution in [1.29, 1.82) is 0 Å². The lowest BCUT2D eigenvalue weighted by Gasteiger charge is -2.22. The number of hydrogen-bond acceptors (Lipinski definition) is 2. The van der Waals surface area contributed by atoms with E-state index in [0.717, 1.165) is 17.7 Å². The van der Waals surface area contributed by atoms with Crippen molar-refractivity contribution < 1.29 is 9.59 Å². The highest BCUT2D eigenvalue weighted by Crippen LogP contribution is 2.13. The Morgan fingerprint density at radius 1 is 1.24 bits per heavy atom. The Hall–Kier alpha value is -1.84. The van der Waals surface area contributed by atoms with Crippen molar-refractivity contribution in [2.24, 2.45) is 5.92 Å². The van der Waals surface area contributed by atoms with Gasteiger partial charge in [-0.25, -0.2) is 0 Å². The zero-order chi connectivity index (χ0) is 15.8. The Morgan fingerprint density at radius 2 is 1.90 bits per heavy atom. The molecule has 0 radical (unpaired) electrons. The maximum Gasteiger partial charge on any atom is 0.244 e. The van der Waals surface area contributed by atoms with Crippen molar-refractivity contribution in [3.8, 4) is 0 Å². The number of aryl methyl sites for hydroxylation is 1. The van der Waals surface area contributed by atoms with Crippen LogP contribution >= 0.6 is 0 Å². The molecule has 0 aliphatic heterocycles. The largest absolute Gasteiger partial charge is 0.333 e. The minimum Gasteiger partial charge on any atom is -0.333 e. The third-order valence-corrected chi connectivity index (χ3v) is 3.18. The van der Waals surface area contributed by atoms with Gasteiger partial charge in [-0.15, -0.1) is 0 Å². The maximum absolute atomic E-state index is 12.1. The van der Waals surface area contributed by atoms with Gasteiger partial charge in [0.15, 0.2) is 0 Å². The summed E-state index contributed by atoms with van der Waals surface area (Å²) < 4.78 is 0. The van der Waals surface area contributed by atoms with E-state index in [4.69, 9.17) is 0 Å². The molecule has 1 N–H and O–H groups in total. The van der Waals surface area contributed by atoms with E-state index >= 15 is 0 Å². The molecule has 0 spiro atoms. The lowest BCUT2D eigenvalue weighted by molar-refractivity contribution is -0.135. The van der Waals surface area contributed by atoms with Gasteiger partial charge in [0.1, 0.15) is 0 Å². The van der Waals surface area contributed by atoms with Crippen LogP contribution in [0, 0.1) is 12.8 Å². The molecule has 116 valence electrons. The monoisotopic (exact) mass is 290 g/mol. The van der Waals surface area contributed by atoms with Crippen molar-refractivity contribution in [2.75, 3.05) is 18.4 Å². The molecule has 2 amide bonds. The summed E-state index contributed by atoms with van der Waals surface area (Å²) in [5, 5.41) is 2.87. The van der Waals surface area contributed by atoms with Gasteiger partial charge in [0.2, 0.25) is 11.8 Å². The van der Waals surface area contributed by atoms with Gasteiger partial charge in [0, 0.05) is 18.7 Å². The number of anilines is 1. The van der Waals surface area contributed by atoms with Crippen LogP contribution < -0.4 is 5.32 Å². The SMILES string of the molecule is CCCN(CC(=O)Nc1ccccc1C)C(=O)CC(C)C. The molecule has 4 nitrogen and oxygen atoms in total. The number of benzene rings is 1. The Kier molecular flexibility index (Phi) is 6.92. The average molecular weight is 290 g/mol. The molecule has 0 unspecified atom stereocenters. The minimum absolute atomic E-state index is 0.0479. The fourth-order valence-electron chi connectivity index (χ4n) is 2.12. The molecule has 0 saturated carbocycles. The van der Waals surface area contributed by atoms with Gasteiger partial charge in [-0.3, -0.25) is 9.59 Å². The van der Waals surface area contributed by atoms with E-state index in [1.54, 1.807) is 4.90 Å². The summed E-state index contributed by atoms with van der Waals surface area (Å²) >= 11 is 0.